The first-order chi connectivity index (χ1) is 3.68. The summed E-state index contributed by atoms with van der Waals surface area (Å²) in [4.78, 5) is 0. The molecule has 0 aromatic rings. The predicted molar refractivity (Wildman–Crippen MR) is 31.1 cm³/mol. The molecular weight excluding hydrogens is 102 g/mol. The molecule has 0 saturated heterocycles. The first kappa shape index (κ1) is 7.19. The van der Waals surface area contributed by atoms with Crippen LogP contribution in [0.1, 0.15) is 13.3 Å². The van der Waals surface area contributed by atoms with Gasteiger partial charge in [-0.1, -0.05) is 12.2 Å². The van der Waals surface area contributed by atoms with Crippen LogP contribution < -0.4 is 0 Å². The van der Waals surface area contributed by atoms with Crippen LogP contribution in [-0.4, -0.2) is 11.2 Å². The predicted octanol–water partition coefficient (Wildman–Crippen LogP) is 0.837. The quantitative estimate of drug-likeness (QED) is 0.536. The summed E-state index contributed by atoms with van der Waals surface area (Å²) in [5, 5.41) is 16.8. The van der Waals surface area contributed by atoms with E-state index in [1.807, 2.05) is 6.07 Å². The lowest BCUT2D eigenvalue weighted by Gasteiger charge is -2.01. The Morgan fingerprint density at radius 2 is 2.50 bits per heavy atom. The lowest BCUT2D eigenvalue weighted by molar-refractivity contribution is 0.217. The van der Waals surface area contributed by atoms with Crippen molar-refractivity contribution in [3.05, 3.63) is 12.2 Å². The van der Waals surface area contributed by atoms with Gasteiger partial charge in [0.25, 0.3) is 0 Å². The highest BCUT2D eigenvalue weighted by molar-refractivity contribution is 5.00. The van der Waals surface area contributed by atoms with Gasteiger partial charge in [0.05, 0.1) is 18.6 Å². The number of hydrogen-bond acceptors (Lipinski definition) is 2. The number of nitriles is 1. The number of rotatable bonds is 2. The summed E-state index contributed by atoms with van der Waals surface area (Å²) in [5.74, 6) is 0. The Morgan fingerprint density at radius 1 is 2.00 bits per heavy atom. The van der Waals surface area contributed by atoms with Gasteiger partial charge in [0.15, 0.2) is 0 Å². The monoisotopic (exact) mass is 111 g/mol. The molecule has 1 N–H and O–H groups in total. The lowest BCUT2D eigenvalue weighted by Crippen LogP contribution is -2.04. The third-order valence-electron chi connectivity index (χ3n) is 0.853. The largest absolute Gasteiger partial charge is 0.388 e. The van der Waals surface area contributed by atoms with Crippen molar-refractivity contribution < 1.29 is 5.11 Å². The maximum absolute atomic E-state index is 8.80. The van der Waals surface area contributed by atoms with E-state index in [1.165, 1.54) is 0 Å². The molecule has 1 atom stereocenters. The molecule has 44 valence electrons. The third-order valence-corrected chi connectivity index (χ3v) is 0.853. The van der Waals surface area contributed by atoms with Crippen LogP contribution in [0.15, 0.2) is 12.2 Å². The van der Waals surface area contributed by atoms with Crippen LogP contribution in [0.5, 0.6) is 0 Å². The summed E-state index contributed by atoms with van der Waals surface area (Å²) in [7, 11) is 0. The molecule has 0 amide bonds. The summed E-state index contributed by atoms with van der Waals surface area (Å²) in [6, 6.07) is 1.84. The molecule has 8 heavy (non-hydrogen) atoms. The first-order valence-electron chi connectivity index (χ1n) is 2.39. The Labute approximate surface area is 49.1 Å². The van der Waals surface area contributed by atoms with Crippen molar-refractivity contribution in [2.45, 2.75) is 19.4 Å². The zero-order valence-electron chi connectivity index (χ0n) is 4.89. The minimum atomic E-state index is -0.639. The highest BCUT2D eigenvalue weighted by atomic mass is 16.3. The SMILES string of the molecule is C=C(C)[C@@H](O)CC#N. The zero-order valence-corrected chi connectivity index (χ0v) is 4.89. The normalized spacial score (nSPS) is 12.1. The molecule has 0 aromatic heterocycles. The molecule has 0 aliphatic rings. The van der Waals surface area contributed by atoms with Crippen LogP contribution in [-0.2, 0) is 0 Å². The molecule has 0 spiro atoms. The van der Waals surface area contributed by atoms with Crippen LogP contribution >= 0.6 is 0 Å². The Hall–Kier alpha value is -0.810. The van der Waals surface area contributed by atoms with E-state index in [0.29, 0.717) is 5.57 Å². The van der Waals surface area contributed by atoms with Crippen molar-refractivity contribution in [3.8, 4) is 6.07 Å². The van der Waals surface area contributed by atoms with E-state index >= 15 is 0 Å². The summed E-state index contributed by atoms with van der Waals surface area (Å²) >= 11 is 0. The van der Waals surface area contributed by atoms with Crippen molar-refractivity contribution in [3.63, 3.8) is 0 Å². The molecule has 0 aromatic carbocycles. The summed E-state index contributed by atoms with van der Waals surface area (Å²) in [5.41, 5.74) is 0.645. The molecule has 2 heteroatoms. The molecule has 2 nitrogen and oxygen atoms in total. The van der Waals surface area contributed by atoms with Gasteiger partial charge in [-0.2, -0.15) is 5.26 Å². The average molecular weight is 111 g/mol. The van der Waals surface area contributed by atoms with Crippen molar-refractivity contribution in [1.82, 2.24) is 0 Å². The fourth-order valence-electron chi connectivity index (χ4n) is 0.261. The average Bonchev–Trinajstić information content (AvgIpc) is 1.67. The standard InChI is InChI=1S/C6H9NO/c1-5(2)6(8)3-4-7/h6,8H,1,3H2,2H3/t6-/m0/s1. The van der Waals surface area contributed by atoms with Crippen molar-refractivity contribution in [2.24, 2.45) is 0 Å². The molecule has 0 unspecified atom stereocenters. The van der Waals surface area contributed by atoms with Crippen LogP contribution in [0.3, 0.4) is 0 Å². The van der Waals surface area contributed by atoms with E-state index in [2.05, 4.69) is 6.58 Å². The van der Waals surface area contributed by atoms with Crippen LogP contribution in [0.4, 0.5) is 0 Å². The maximum Gasteiger partial charge on any atom is 0.0874 e. The van der Waals surface area contributed by atoms with Gasteiger partial charge in [-0.05, 0) is 6.92 Å². The number of hydrogen-bond donors (Lipinski definition) is 1. The molecule has 0 rings (SSSR count). The van der Waals surface area contributed by atoms with Gasteiger partial charge in [0, 0.05) is 0 Å². The molecule has 0 heterocycles. The van der Waals surface area contributed by atoms with Gasteiger partial charge < -0.3 is 5.11 Å². The highest BCUT2D eigenvalue weighted by Gasteiger charge is 2.00. The Kier molecular flexibility index (Phi) is 2.90. The van der Waals surface area contributed by atoms with Crippen LogP contribution in [0.2, 0.25) is 0 Å². The van der Waals surface area contributed by atoms with Gasteiger partial charge in [0.1, 0.15) is 0 Å². The van der Waals surface area contributed by atoms with Crippen LogP contribution in [0, 0.1) is 11.3 Å². The molecule has 0 radical (unpaired) electrons. The number of aliphatic hydroxyl groups excluding tert-OH is 1. The summed E-state index contributed by atoms with van der Waals surface area (Å²) in [6.07, 6.45) is -0.491. The van der Waals surface area contributed by atoms with Gasteiger partial charge in [0.2, 0.25) is 0 Å². The Bertz CT molecular complexity index is 123. The third kappa shape index (κ3) is 2.38. The Morgan fingerprint density at radius 3 is 2.62 bits per heavy atom. The molecular formula is C6H9NO. The second-order valence-corrected chi connectivity index (χ2v) is 1.72. The minimum absolute atomic E-state index is 0.148. The topological polar surface area (TPSA) is 44.0 Å². The highest BCUT2D eigenvalue weighted by Crippen LogP contribution is 1.99. The van der Waals surface area contributed by atoms with E-state index in [1.54, 1.807) is 6.92 Å². The van der Waals surface area contributed by atoms with Gasteiger partial charge in [-0.3, -0.25) is 0 Å². The van der Waals surface area contributed by atoms with Gasteiger partial charge in [-0.15, -0.1) is 0 Å². The van der Waals surface area contributed by atoms with Gasteiger partial charge in [-0.25, -0.2) is 0 Å². The second-order valence-electron chi connectivity index (χ2n) is 1.72. The second kappa shape index (κ2) is 3.23. The van der Waals surface area contributed by atoms with Crippen LogP contribution in [0.25, 0.3) is 0 Å². The molecule has 0 aliphatic heterocycles. The van der Waals surface area contributed by atoms with E-state index in [9.17, 15) is 0 Å². The van der Waals surface area contributed by atoms with E-state index < -0.39 is 6.10 Å². The van der Waals surface area contributed by atoms with E-state index in [0.717, 1.165) is 0 Å². The molecule has 0 bridgehead atoms. The zero-order chi connectivity index (χ0) is 6.57. The van der Waals surface area contributed by atoms with Crippen molar-refractivity contribution >= 4 is 0 Å². The van der Waals surface area contributed by atoms with Crippen molar-refractivity contribution in [2.75, 3.05) is 0 Å². The smallest absolute Gasteiger partial charge is 0.0874 e. The summed E-state index contributed by atoms with van der Waals surface area (Å²) < 4.78 is 0. The lowest BCUT2D eigenvalue weighted by atomic mass is 10.1. The van der Waals surface area contributed by atoms with Crippen molar-refractivity contribution in [1.29, 1.82) is 5.26 Å². The maximum atomic E-state index is 8.80. The first-order valence-corrected chi connectivity index (χ1v) is 2.39. The van der Waals surface area contributed by atoms with Gasteiger partial charge >= 0.3 is 0 Å². The Balaban J connectivity index is 3.52. The number of nitrogens with zero attached hydrogens (tertiary/aromatic N) is 1. The minimum Gasteiger partial charge on any atom is -0.388 e. The molecule has 0 saturated carbocycles. The fourth-order valence-corrected chi connectivity index (χ4v) is 0.261. The fraction of sp³-hybridized carbons (Fsp3) is 0.500. The van der Waals surface area contributed by atoms with E-state index in [4.69, 9.17) is 10.4 Å². The number of aliphatic hydroxyl groups is 1. The van der Waals surface area contributed by atoms with E-state index in [-0.39, 0.29) is 6.42 Å². The summed E-state index contributed by atoms with van der Waals surface area (Å²) in [6.45, 7) is 5.17. The molecule has 0 fully saturated rings. The molecule has 0 aliphatic carbocycles.